The minimum absolute atomic E-state index is 0.109. The Kier molecular flexibility index (Phi) is 5.44. The highest BCUT2D eigenvalue weighted by molar-refractivity contribution is 9.10. The number of aromatic nitrogens is 3. The Morgan fingerprint density at radius 3 is 2.42 bits per heavy atom. The predicted molar refractivity (Wildman–Crippen MR) is 71.8 cm³/mol. The van der Waals surface area contributed by atoms with Gasteiger partial charge in [-0.1, -0.05) is 5.21 Å². The number of hydrogen-bond acceptors (Lipinski definition) is 5. The van der Waals surface area contributed by atoms with E-state index in [4.69, 9.17) is 0 Å². The van der Waals surface area contributed by atoms with E-state index < -0.39 is 10.0 Å². The van der Waals surface area contributed by atoms with E-state index in [1.165, 1.54) is 7.05 Å². The molecule has 1 amide bonds. The number of carbonyl (C=O) groups excluding carboxylic acids is 1. The molecule has 108 valence electrons. The van der Waals surface area contributed by atoms with E-state index >= 15 is 0 Å². The Balaban J connectivity index is 2.80. The maximum atomic E-state index is 12.0. The van der Waals surface area contributed by atoms with E-state index in [0.717, 1.165) is 4.68 Å². The van der Waals surface area contributed by atoms with Gasteiger partial charge in [0.25, 0.3) is 10.0 Å². The van der Waals surface area contributed by atoms with Crippen LogP contribution in [0.3, 0.4) is 0 Å². The van der Waals surface area contributed by atoms with E-state index in [9.17, 15) is 13.2 Å². The second-order valence-corrected chi connectivity index (χ2v) is 6.13. The van der Waals surface area contributed by atoms with Crippen molar-refractivity contribution in [2.75, 3.05) is 19.6 Å². The largest absolute Gasteiger partial charge is 0.342 e. The summed E-state index contributed by atoms with van der Waals surface area (Å²) in [7, 11) is -2.37. The van der Waals surface area contributed by atoms with E-state index in [2.05, 4.69) is 31.0 Å². The molecule has 0 aliphatic carbocycles. The molecule has 1 N–H and O–H groups in total. The van der Waals surface area contributed by atoms with Crippen LogP contribution in [0.1, 0.15) is 13.8 Å². The van der Waals surface area contributed by atoms with Gasteiger partial charge in [-0.15, -0.1) is 5.10 Å². The number of nitrogens with zero attached hydrogens (tertiary/aromatic N) is 4. The molecule has 0 radical (unpaired) electrons. The molecule has 1 aromatic heterocycles. The zero-order valence-electron chi connectivity index (χ0n) is 10.9. The summed E-state index contributed by atoms with van der Waals surface area (Å²) in [6.45, 7) is 4.44. The topological polar surface area (TPSA) is 97.2 Å². The molecule has 0 fully saturated rings. The summed E-state index contributed by atoms with van der Waals surface area (Å²) in [5.74, 6) is -0.278. The molecule has 8 nitrogen and oxygen atoms in total. The average Bonchev–Trinajstić information content (AvgIpc) is 2.69. The van der Waals surface area contributed by atoms with Crippen molar-refractivity contribution in [2.45, 2.75) is 18.9 Å². The van der Waals surface area contributed by atoms with Gasteiger partial charge in [-0.05, 0) is 29.8 Å². The van der Waals surface area contributed by atoms with Crippen LogP contribution in [0.5, 0.6) is 0 Å². The van der Waals surface area contributed by atoms with Gasteiger partial charge in [0.1, 0.15) is 0 Å². The Morgan fingerprint density at radius 1 is 1.42 bits per heavy atom. The third-order valence-corrected chi connectivity index (χ3v) is 4.81. The van der Waals surface area contributed by atoms with Crippen LogP contribution in [0, 0.1) is 0 Å². The fourth-order valence-corrected chi connectivity index (χ4v) is 3.59. The second-order valence-electron chi connectivity index (χ2n) is 3.70. The molecule has 0 aliphatic heterocycles. The summed E-state index contributed by atoms with van der Waals surface area (Å²) in [6, 6.07) is 0. The number of halogens is 1. The van der Waals surface area contributed by atoms with Crippen molar-refractivity contribution in [3.63, 3.8) is 0 Å². The molecule has 1 rings (SSSR count). The Labute approximate surface area is 120 Å². The first kappa shape index (κ1) is 16.1. The van der Waals surface area contributed by atoms with Crippen LogP contribution < -0.4 is 4.72 Å². The summed E-state index contributed by atoms with van der Waals surface area (Å²) < 4.78 is 27.5. The third kappa shape index (κ3) is 3.74. The summed E-state index contributed by atoms with van der Waals surface area (Å²) >= 11 is 3.01. The first-order valence-corrected chi connectivity index (χ1v) is 7.93. The van der Waals surface area contributed by atoms with Gasteiger partial charge in [-0.2, -0.15) is 0 Å². The molecule has 0 unspecified atom stereocenters. The van der Waals surface area contributed by atoms with Crippen LogP contribution in [0.25, 0.3) is 0 Å². The summed E-state index contributed by atoms with van der Waals surface area (Å²) in [5.41, 5.74) is 0. The lowest BCUT2D eigenvalue weighted by Gasteiger charge is -2.18. The van der Waals surface area contributed by atoms with Crippen molar-refractivity contribution in [1.29, 1.82) is 0 Å². The number of amides is 1. The quantitative estimate of drug-likeness (QED) is 0.758. The Bertz CT molecular complexity index is 533. The molecule has 0 atom stereocenters. The third-order valence-electron chi connectivity index (χ3n) is 2.52. The number of aryl methyl sites for hydroxylation is 1. The van der Waals surface area contributed by atoms with Gasteiger partial charge in [0.05, 0.1) is 6.54 Å². The maximum Gasteiger partial charge on any atom is 0.261 e. The van der Waals surface area contributed by atoms with Crippen molar-refractivity contribution in [1.82, 2.24) is 24.6 Å². The van der Waals surface area contributed by atoms with Crippen molar-refractivity contribution in [2.24, 2.45) is 7.05 Å². The SMILES string of the molecule is CCN(CC)C(=O)CNS(=O)(=O)c1c(Br)nnn1C. The maximum absolute atomic E-state index is 12.0. The van der Waals surface area contributed by atoms with Gasteiger partial charge < -0.3 is 4.90 Å². The van der Waals surface area contributed by atoms with Crippen LogP contribution in [0.15, 0.2) is 9.63 Å². The molecule has 10 heteroatoms. The lowest BCUT2D eigenvalue weighted by molar-refractivity contribution is -0.129. The van der Waals surface area contributed by atoms with E-state index in [0.29, 0.717) is 13.1 Å². The molecule has 0 saturated heterocycles. The van der Waals surface area contributed by atoms with Crippen LogP contribution in [0.4, 0.5) is 0 Å². The van der Waals surface area contributed by atoms with Crippen LogP contribution in [0.2, 0.25) is 0 Å². The van der Waals surface area contributed by atoms with Gasteiger partial charge in [0.15, 0.2) is 4.60 Å². The molecule has 0 aliphatic rings. The molecule has 19 heavy (non-hydrogen) atoms. The van der Waals surface area contributed by atoms with Gasteiger partial charge in [0.2, 0.25) is 10.9 Å². The number of nitrogens with one attached hydrogen (secondary N) is 1. The fraction of sp³-hybridized carbons (Fsp3) is 0.667. The van der Waals surface area contributed by atoms with Crippen molar-refractivity contribution < 1.29 is 13.2 Å². The van der Waals surface area contributed by atoms with Crippen molar-refractivity contribution in [3.05, 3.63) is 4.60 Å². The number of likely N-dealkylation sites (N-methyl/N-ethyl adjacent to an activating group) is 1. The van der Waals surface area contributed by atoms with E-state index in [-0.39, 0.29) is 22.1 Å². The highest BCUT2D eigenvalue weighted by Crippen LogP contribution is 2.17. The highest BCUT2D eigenvalue weighted by atomic mass is 79.9. The predicted octanol–water partition coefficient (Wildman–Crippen LogP) is -0.276. The van der Waals surface area contributed by atoms with Crippen LogP contribution in [-0.4, -0.2) is 53.9 Å². The highest BCUT2D eigenvalue weighted by Gasteiger charge is 2.25. The summed E-state index contributed by atoms with van der Waals surface area (Å²) in [4.78, 5) is 13.3. The zero-order valence-corrected chi connectivity index (χ0v) is 13.3. The van der Waals surface area contributed by atoms with Crippen molar-refractivity contribution in [3.8, 4) is 0 Å². The van der Waals surface area contributed by atoms with Crippen LogP contribution in [-0.2, 0) is 21.9 Å². The van der Waals surface area contributed by atoms with Crippen LogP contribution >= 0.6 is 15.9 Å². The molecule has 0 aromatic carbocycles. The first-order chi connectivity index (χ1) is 8.83. The summed E-state index contributed by atoms with van der Waals surface area (Å²) in [5, 5.41) is 7.06. The Hall–Kier alpha value is -1.00. The summed E-state index contributed by atoms with van der Waals surface area (Å²) in [6.07, 6.45) is 0. The molecular weight excluding hydrogens is 338 g/mol. The molecule has 1 aromatic rings. The lowest BCUT2D eigenvalue weighted by atomic mass is 10.4. The average molecular weight is 354 g/mol. The zero-order chi connectivity index (χ0) is 14.6. The normalized spacial score (nSPS) is 11.6. The molecule has 1 heterocycles. The molecular formula is C9H16BrN5O3S. The standard InChI is InChI=1S/C9H16BrN5O3S/c1-4-15(5-2)7(16)6-11-19(17,18)9-8(10)12-13-14(9)3/h11H,4-6H2,1-3H3. The van der Waals surface area contributed by atoms with Gasteiger partial charge in [-0.25, -0.2) is 17.8 Å². The monoisotopic (exact) mass is 353 g/mol. The van der Waals surface area contributed by atoms with Gasteiger partial charge in [-0.3, -0.25) is 4.79 Å². The lowest BCUT2D eigenvalue weighted by Crippen LogP contribution is -2.40. The van der Waals surface area contributed by atoms with Gasteiger partial charge in [0, 0.05) is 20.1 Å². The van der Waals surface area contributed by atoms with Crippen molar-refractivity contribution >= 4 is 31.9 Å². The van der Waals surface area contributed by atoms with E-state index in [1.54, 1.807) is 4.90 Å². The minimum atomic E-state index is -3.83. The smallest absolute Gasteiger partial charge is 0.261 e. The molecule has 0 spiro atoms. The number of rotatable bonds is 6. The van der Waals surface area contributed by atoms with Gasteiger partial charge >= 0.3 is 0 Å². The fourth-order valence-electron chi connectivity index (χ4n) is 1.52. The second kappa shape index (κ2) is 6.44. The number of carbonyl (C=O) groups is 1. The number of hydrogen-bond donors (Lipinski definition) is 1. The number of sulfonamides is 1. The Morgan fingerprint density at radius 2 is 2.00 bits per heavy atom. The first-order valence-electron chi connectivity index (χ1n) is 5.66. The molecule has 0 bridgehead atoms. The minimum Gasteiger partial charge on any atom is -0.342 e. The molecule has 0 saturated carbocycles. The van der Waals surface area contributed by atoms with E-state index in [1.807, 2.05) is 13.8 Å².